The zero-order valence-corrected chi connectivity index (χ0v) is 20.1. The third kappa shape index (κ3) is 4.76. The minimum atomic E-state index is -0.131. The van der Waals surface area contributed by atoms with E-state index in [-0.39, 0.29) is 23.5 Å². The van der Waals surface area contributed by atoms with Gasteiger partial charge in [-0.3, -0.25) is 9.69 Å². The predicted octanol–water partition coefficient (Wildman–Crippen LogP) is 4.98. The highest BCUT2D eigenvalue weighted by atomic mass is 35.5. The Bertz CT molecular complexity index is 941. The van der Waals surface area contributed by atoms with Crippen LogP contribution < -0.4 is 5.32 Å². The molecule has 4 rings (SSSR count). The Hall–Kier alpha value is -1.79. The maximum atomic E-state index is 12.6. The summed E-state index contributed by atoms with van der Waals surface area (Å²) < 4.78 is 6.41. The summed E-state index contributed by atoms with van der Waals surface area (Å²) in [5, 5.41) is 4.05. The van der Waals surface area contributed by atoms with E-state index in [9.17, 15) is 4.79 Å². The Morgan fingerprint density at radius 2 is 1.97 bits per heavy atom. The molecular formula is C26H31ClN2O2S. The number of nitrogens with zero attached hydrogens (tertiary/aromatic N) is 1. The van der Waals surface area contributed by atoms with E-state index >= 15 is 0 Å². The van der Waals surface area contributed by atoms with Crippen LogP contribution in [0.15, 0.2) is 61.2 Å². The average Bonchev–Trinajstić information content (AvgIpc) is 3.04. The lowest BCUT2D eigenvalue weighted by atomic mass is 9.71. The number of halogens is 1. The lowest BCUT2D eigenvalue weighted by molar-refractivity contribution is -0.121. The zero-order valence-electron chi connectivity index (χ0n) is 18.6. The second-order valence-electron chi connectivity index (χ2n) is 8.67. The molecule has 32 heavy (non-hydrogen) atoms. The van der Waals surface area contributed by atoms with Crippen molar-refractivity contribution in [2.45, 2.75) is 36.9 Å². The van der Waals surface area contributed by atoms with Crippen molar-refractivity contribution in [1.29, 1.82) is 0 Å². The van der Waals surface area contributed by atoms with Crippen molar-refractivity contribution < 1.29 is 9.53 Å². The van der Waals surface area contributed by atoms with E-state index in [0.717, 1.165) is 37.5 Å². The van der Waals surface area contributed by atoms with Crippen molar-refractivity contribution in [2.75, 3.05) is 31.7 Å². The van der Waals surface area contributed by atoms with Crippen LogP contribution in [0.1, 0.15) is 35.6 Å². The average molecular weight is 471 g/mol. The molecule has 170 valence electrons. The molecule has 1 spiro atoms. The number of fused-ring (bicyclic) bond motifs is 2. The van der Waals surface area contributed by atoms with Crippen LogP contribution in [0.25, 0.3) is 0 Å². The number of benzene rings is 2. The number of carbonyl (C=O) groups excluding carboxylic acids is 1. The SMILES string of the molecule is C=CCO[C@H]1[C@H](NC(=O)CSC)c2ccccc2C12CCN(Cc1ccc(Cl)cc1)CC2. The first-order valence-electron chi connectivity index (χ1n) is 11.1. The summed E-state index contributed by atoms with van der Waals surface area (Å²) in [6, 6.07) is 16.5. The minimum absolute atomic E-state index is 0.0572. The molecule has 0 unspecified atom stereocenters. The second kappa shape index (κ2) is 10.4. The number of nitrogens with one attached hydrogen (secondary N) is 1. The van der Waals surface area contributed by atoms with Crippen LogP contribution >= 0.6 is 23.4 Å². The molecule has 1 saturated heterocycles. The van der Waals surface area contributed by atoms with Gasteiger partial charge < -0.3 is 10.1 Å². The van der Waals surface area contributed by atoms with E-state index in [1.165, 1.54) is 28.5 Å². The number of ether oxygens (including phenoxy) is 1. The van der Waals surface area contributed by atoms with Crippen LogP contribution in [0.4, 0.5) is 0 Å². The highest BCUT2D eigenvalue weighted by molar-refractivity contribution is 7.99. The largest absolute Gasteiger partial charge is 0.371 e. The molecule has 1 aliphatic heterocycles. The molecule has 2 aliphatic rings. The Kier molecular flexibility index (Phi) is 7.62. The lowest BCUT2D eigenvalue weighted by Crippen LogP contribution is -2.50. The van der Waals surface area contributed by atoms with Gasteiger partial charge >= 0.3 is 0 Å². The number of carbonyl (C=O) groups is 1. The van der Waals surface area contributed by atoms with Gasteiger partial charge in [-0.2, -0.15) is 11.8 Å². The molecule has 0 bridgehead atoms. The molecule has 0 saturated carbocycles. The number of amides is 1. The Labute approximate surface area is 200 Å². The number of piperidine rings is 1. The topological polar surface area (TPSA) is 41.6 Å². The van der Waals surface area contributed by atoms with E-state index in [0.29, 0.717) is 12.4 Å². The third-order valence-corrected chi connectivity index (χ3v) is 7.54. The summed E-state index contributed by atoms with van der Waals surface area (Å²) in [6.07, 6.45) is 5.64. The molecule has 1 aliphatic carbocycles. The van der Waals surface area contributed by atoms with Gasteiger partial charge in [0.1, 0.15) is 0 Å². The standard InChI is InChI=1S/C26H31ClN2O2S/c1-3-16-31-25-24(28-23(30)18-32-2)21-6-4-5-7-22(21)26(25)12-14-29(15-13-26)17-19-8-10-20(27)11-9-19/h3-11,24-25H,1,12-18H2,2H3,(H,28,30)/t24-,25+/m1/s1. The molecule has 2 aromatic rings. The fourth-order valence-electron chi connectivity index (χ4n) is 5.30. The maximum Gasteiger partial charge on any atom is 0.230 e. The molecule has 0 aromatic heterocycles. The van der Waals surface area contributed by atoms with Gasteiger partial charge in [0, 0.05) is 17.0 Å². The van der Waals surface area contributed by atoms with Gasteiger partial charge in [0.25, 0.3) is 0 Å². The van der Waals surface area contributed by atoms with Gasteiger partial charge in [-0.15, -0.1) is 6.58 Å². The maximum absolute atomic E-state index is 12.6. The summed E-state index contributed by atoms with van der Waals surface area (Å²) in [4.78, 5) is 15.1. The van der Waals surface area contributed by atoms with Crippen LogP contribution in [0.2, 0.25) is 5.02 Å². The van der Waals surface area contributed by atoms with Gasteiger partial charge in [-0.25, -0.2) is 0 Å². The molecule has 0 radical (unpaired) electrons. The minimum Gasteiger partial charge on any atom is -0.371 e. The fourth-order valence-corrected chi connectivity index (χ4v) is 5.77. The van der Waals surface area contributed by atoms with E-state index in [1.807, 2.05) is 18.4 Å². The first kappa shape index (κ1) is 23.4. The second-order valence-corrected chi connectivity index (χ2v) is 9.97. The fraction of sp³-hybridized carbons (Fsp3) is 0.423. The van der Waals surface area contributed by atoms with Crippen molar-refractivity contribution in [3.05, 3.63) is 82.9 Å². The Balaban J connectivity index is 1.57. The predicted molar refractivity (Wildman–Crippen MR) is 133 cm³/mol. The third-order valence-electron chi connectivity index (χ3n) is 6.73. The first-order valence-corrected chi connectivity index (χ1v) is 12.9. The van der Waals surface area contributed by atoms with Crippen LogP contribution in [0.5, 0.6) is 0 Å². The molecular weight excluding hydrogens is 440 g/mol. The summed E-state index contributed by atoms with van der Waals surface area (Å²) >= 11 is 7.58. The number of likely N-dealkylation sites (tertiary alicyclic amines) is 1. The van der Waals surface area contributed by atoms with Gasteiger partial charge in [-0.05, 0) is 61.0 Å². The highest BCUT2D eigenvalue weighted by Crippen LogP contribution is 2.52. The van der Waals surface area contributed by atoms with Crippen molar-refractivity contribution in [2.24, 2.45) is 0 Å². The van der Waals surface area contributed by atoms with Crippen LogP contribution in [0, 0.1) is 0 Å². The van der Waals surface area contributed by atoms with Gasteiger partial charge in [0.15, 0.2) is 0 Å². The molecule has 1 heterocycles. The molecule has 2 atom stereocenters. The van der Waals surface area contributed by atoms with E-state index in [4.69, 9.17) is 16.3 Å². The first-order chi connectivity index (χ1) is 15.6. The van der Waals surface area contributed by atoms with Crippen LogP contribution in [0.3, 0.4) is 0 Å². The Morgan fingerprint density at radius 1 is 1.25 bits per heavy atom. The smallest absolute Gasteiger partial charge is 0.230 e. The van der Waals surface area contributed by atoms with E-state index in [1.54, 1.807) is 6.08 Å². The molecule has 1 fully saturated rings. The van der Waals surface area contributed by atoms with E-state index in [2.05, 4.69) is 53.2 Å². The van der Waals surface area contributed by atoms with E-state index < -0.39 is 0 Å². The number of hydrogen-bond acceptors (Lipinski definition) is 4. The van der Waals surface area contributed by atoms with Crippen molar-refractivity contribution in [3.8, 4) is 0 Å². The Morgan fingerprint density at radius 3 is 2.66 bits per heavy atom. The normalized spacial score (nSPS) is 21.9. The van der Waals surface area contributed by atoms with Gasteiger partial charge in [0.05, 0.1) is 24.5 Å². The quantitative estimate of drug-likeness (QED) is 0.552. The zero-order chi connectivity index (χ0) is 22.6. The van der Waals surface area contributed by atoms with Gasteiger partial charge in [-0.1, -0.05) is 54.1 Å². The number of rotatable bonds is 8. The highest BCUT2D eigenvalue weighted by Gasteiger charge is 2.54. The van der Waals surface area contributed by atoms with Gasteiger partial charge in [0.2, 0.25) is 5.91 Å². The lowest BCUT2D eigenvalue weighted by Gasteiger charge is -2.44. The molecule has 1 N–H and O–H groups in total. The molecule has 2 aromatic carbocycles. The van der Waals surface area contributed by atoms with Crippen molar-refractivity contribution >= 4 is 29.3 Å². The molecule has 6 heteroatoms. The summed E-state index contributed by atoms with van der Waals surface area (Å²) in [7, 11) is 0. The van der Waals surface area contributed by atoms with Crippen LogP contribution in [-0.4, -0.2) is 48.6 Å². The number of thioether (sulfide) groups is 1. The summed E-state index contributed by atoms with van der Waals surface area (Å²) in [5.41, 5.74) is 3.70. The van der Waals surface area contributed by atoms with Crippen LogP contribution in [-0.2, 0) is 21.5 Å². The van der Waals surface area contributed by atoms with Crippen molar-refractivity contribution in [1.82, 2.24) is 10.2 Å². The molecule has 1 amide bonds. The molecule has 4 nitrogen and oxygen atoms in total. The number of hydrogen-bond donors (Lipinski definition) is 1. The van der Waals surface area contributed by atoms with Crippen molar-refractivity contribution in [3.63, 3.8) is 0 Å². The summed E-state index contributed by atoms with van der Waals surface area (Å²) in [6.45, 7) is 7.21. The monoisotopic (exact) mass is 470 g/mol. The summed E-state index contributed by atoms with van der Waals surface area (Å²) in [5.74, 6) is 0.510.